The van der Waals surface area contributed by atoms with Crippen LogP contribution in [0, 0.1) is 6.92 Å². The number of methoxy groups -OCH3 is 1. The molecule has 29 heavy (non-hydrogen) atoms. The van der Waals surface area contributed by atoms with E-state index in [0.717, 1.165) is 10.6 Å². The third-order valence-corrected chi connectivity index (χ3v) is 5.72. The number of halogens is 1. The maximum absolute atomic E-state index is 13.0. The van der Waals surface area contributed by atoms with Gasteiger partial charge in [-0.05, 0) is 25.1 Å². The number of aromatic nitrogens is 2. The van der Waals surface area contributed by atoms with Crippen molar-refractivity contribution in [2.45, 2.75) is 19.9 Å². The number of benzene rings is 1. The minimum Gasteiger partial charge on any atom is -0.496 e. The zero-order chi connectivity index (χ0) is 20.5. The fourth-order valence-electron chi connectivity index (χ4n) is 3.07. The standard InChI is InChI=1S/C19H17ClN4O4S/c1-10-7-14(23-28-10)17(25)22-19-21-13-5-6-24(9-16(13)29-19)18(26)12-8-11(20)3-4-15(12)27-2/h3-4,7-8H,5-6,9H2,1-2H3,(H,21,22,25). The minimum absolute atomic E-state index is 0.160. The molecule has 0 radical (unpaired) electrons. The predicted molar refractivity (Wildman–Crippen MR) is 108 cm³/mol. The number of anilines is 1. The topological polar surface area (TPSA) is 97.6 Å². The van der Waals surface area contributed by atoms with Crippen molar-refractivity contribution < 1.29 is 18.8 Å². The first kappa shape index (κ1) is 19.4. The van der Waals surface area contributed by atoms with Gasteiger partial charge in [0.1, 0.15) is 11.5 Å². The van der Waals surface area contributed by atoms with E-state index in [1.54, 1.807) is 36.1 Å². The highest BCUT2D eigenvalue weighted by Crippen LogP contribution is 2.31. The summed E-state index contributed by atoms with van der Waals surface area (Å²) in [5.74, 6) is 0.487. The fourth-order valence-corrected chi connectivity index (χ4v) is 4.27. The summed E-state index contributed by atoms with van der Waals surface area (Å²) in [5, 5.41) is 7.37. The van der Waals surface area contributed by atoms with E-state index < -0.39 is 0 Å². The molecule has 0 bridgehead atoms. The highest BCUT2D eigenvalue weighted by atomic mass is 35.5. The fraction of sp³-hybridized carbons (Fsp3) is 0.263. The molecule has 0 fully saturated rings. The van der Waals surface area contributed by atoms with E-state index in [1.807, 2.05) is 0 Å². The molecule has 1 aromatic carbocycles. The second kappa shape index (κ2) is 7.84. The summed E-state index contributed by atoms with van der Waals surface area (Å²) in [6, 6.07) is 6.52. The van der Waals surface area contributed by atoms with E-state index in [9.17, 15) is 9.59 Å². The second-order valence-corrected chi connectivity index (χ2v) is 8.01. The first-order valence-electron chi connectivity index (χ1n) is 8.80. The van der Waals surface area contributed by atoms with Crippen LogP contribution in [0.25, 0.3) is 0 Å². The minimum atomic E-state index is -0.385. The van der Waals surface area contributed by atoms with Crippen molar-refractivity contribution in [3.05, 3.63) is 56.9 Å². The average Bonchev–Trinajstić information content (AvgIpc) is 3.32. The zero-order valence-electron chi connectivity index (χ0n) is 15.7. The Morgan fingerprint density at radius 3 is 2.90 bits per heavy atom. The summed E-state index contributed by atoms with van der Waals surface area (Å²) < 4.78 is 10.2. The Morgan fingerprint density at radius 2 is 2.17 bits per heavy atom. The Balaban J connectivity index is 1.50. The van der Waals surface area contributed by atoms with Crippen LogP contribution in [0.1, 0.15) is 37.2 Å². The van der Waals surface area contributed by atoms with Crippen LogP contribution in [0.15, 0.2) is 28.8 Å². The van der Waals surface area contributed by atoms with Crippen LogP contribution in [0.5, 0.6) is 5.75 Å². The van der Waals surface area contributed by atoms with Gasteiger partial charge in [0.25, 0.3) is 11.8 Å². The van der Waals surface area contributed by atoms with Gasteiger partial charge in [-0.25, -0.2) is 4.98 Å². The highest BCUT2D eigenvalue weighted by molar-refractivity contribution is 7.15. The van der Waals surface area contributed by atoms with Crippen LogP contribution in [-0.4, -0.2) is 40.5 Å². The Morgan fingerprint density at radius 1 is 1.34 bits per heavy atom. The molecular formula is C19H17ClN4O4S. The molecule has 10 heteroatoms. The van der Waals surface area contributed by atoms with E-state index in [-0.39, 0.29) is 17.5 Å². The average molecular weight is 433 g/mol. The molecule has 1 N–H and O–H groups in total. The number of thiazole rings is 1. The van der Waals surface area contributed by atoms with E-state index in [4.69, 9.17) is 20.9 Å². The van der Waals surface area contributed by atoms with E-state index in [2.05, 4.69) is 15.5 Å². The van der Waals surface area contributed by atoms with Gasteiger partial charge in [0.2, 0.25) is 0 Å². The number of amides is 2. The number of nitrogens with one attached hydrogen (secondary N) is 1. The van der Waals surface area contributed by atoms with Gasteiger partial charge in [-0.2, -0.15) is 0 Å². The lowest BCUT2D eigenvalue weighted by Crippen LogP contribution is -2.35. The molecule has 8 nitrogen and oxygen atoms in total. The quantitative estimate of drug-likeness (QED) is 0.677. The molecule has 150 valence electrons. The van der Waals surface area contributed by atoms with Crippen molar-refractivity contribution in [2.75, 3.05) is 19.0 Å². The largest absolute Gasteiger partial charge is 0.496 e. The summed E-state index contributed by atoms with van der Waals surface area (Å²) in [6.45, 7) is 2.63. The van der Waals surface area contributed by atoms with E-state index in [1.165, 1.54) is 18.4 Å². The highest BCUT2D eigenvalue weighted by Gasteiger charge is 2.27. The van der Waals surface area contributed by atoms with Gasteiger partial charge in [0.05, 0.1) is 24.9 Å². The number of carbonyl (C=O) groups is 2. The third-order valence-electron chi connectivity index (χ3n) is 4.49. The molecule has 0 unspecified atom stereocenters. The van der Waals surface area contributed by atoms with Crippen LogP contribution in [-0.2, 0) is 13.0 Å². The number of ether oxygens (including phenoxy) is 1. The first-order valence-corrected chi connectivity index (χ1v) is 10.00. The predicted octanol–water partition coefficient (Wildman–Crippen LogP) is 3.55. The number of aryl methyl sites for hydroxylation is 1. The third kappa shape index (κ3) is 3.96. The van der Waals surface area contributed by atoms with Gasteiger partial charge >= 0.3 is 0 Å². The summed E-state index contributed by atoms with van der Waals surface area (Å²) in [7, 11) is 1.52. The number of carbonyl (C=O) groups excluding carboxylic acids is 2. The Kier molecular flexibility index (Phi) is 5.25. The lowest BCUT2D eigenvalue weighted by atomic mass is 10.1. The number of nitrogens with zero attached hydrogens (tertiary/aromatic N) is 3. The van der Waals surface area contributed by atoms with Gasteiger partial charge in [0, 0.05) is 28.9 Å². The van der Waals surface area contributed by atoms with Crippen molar-refractivity contribution in [1.29, 1.82) is 0 Å². The van der Waals surface area contributed by atoms with E-state index in [0.29, 0.717) is 46.7 Å². The van der Waals surface area contributed by atoms with Crippen molar-refractivity contribution in [3.8, 4) is 5.75 Å². The van der Waals surface area contributed by atoms with Gasteiger partial charge in [-0.1, -0.05) is 28.1 Å². The molecule has 3 heterocycles. The van der Waals surface area contributed by atoms with Crippen molar-refractivity contribution >= 4 is 39.9 Å². The van der Waals surface area contributed by atoms with Crippen LogP contribution >= 0.6 is 22.9 Å². The van der Waals surface area contributed by atoms with E-state index >= 15 is 0 Å². The van der Waals surface area contributed by atoms with Crippen molar-refractivity contribution in [2.24, 2.45) is 0 Å². The molecular weight excluding hydrogens is 416 g/mol. The van der Waals surface area contributed by atoms with Crippen molar-refractivity contribution in [3.63, 3.8) is 0 Å². The molecule has 0 aliphatic carbocycles. The normalized spacial score (nSPS) is 13.1. The summed E-state index contributed by atoms with van der Waals surface area (Å²) in [6.07, 6.45) is 0.597. The lowest BCUT2D eigenvalue weighted by molar-refractivity contribution is 0.0732. The summed E-state index contributed by atoms with van der Waals surface area (Å²) in [4.78, 5) is 32.4. The van der Waals surface area contributed by atoms with Crippen LogP contribution in [0.4, 0.5) is 5.13 Å². The van der Waals surface area contributed by atoms with Crippen LogP contribution in [0.3, 0.4) is 0 Å². The molecule has 1 aliphatic rings. The molecule has 1 aliphatic heterocycles. The SMILES string of the molecule is COc1ccc(Cl)cc1C(=O)N1CCc2nc(NC(=O)c3cc(C)on3)sc2C1. The molecule has 0 atom stereocenters. The maximum Gasteiger partial charge on any atom is 0.279 e. The smallest absolute Gasteiger partial charge is 0.279 e. The Bertz CT molecular complexity index is 1090. The molecule has 0 saturated carbocycles. The molecule has 3 aromatic rings. The summed E-state index contributed by atoms with van der Waals surface area (Å²) >= 11 is 7.40. The molecule has 0 saturated heterocycles. The van der Waals surface area contributed by atoms with Crippen molar-refractivity contribution in [1.82, 2.24) is 15.0 Å². The number of fused-ring (bicyclic) bond motifs is 1. The molecule has 0 spiro atoms. The van der Waals surface area contributed by atoms with Crippen LogP contribution < -0.4 is 10.1 Å². The lowest BCUT2D eigenvalue weighted by Gasteiger charge is -2.26. The Hall–Kier alpha value is -2.91. The number of hydrogen-bond donors (Lipinski definition) is 1. The molecule has 2 amide bonds. The first-order chi connectivity index (χ1) is 13.9. The van der Waals surface area contributed by atoms with Gasteiger partial charge in [-0.3, -0.25) is 14.9 Å². The molecule has 2 aromatic heterocycles. The monoisotopic (exact) mass is 432 g/mol. The van der Waals surface area contributed by atoms with Crippen LogP contribution in [0.2, 0.25) is 5.02 Å². The van der Waals surface area contributed by atoms with Gasteiger partial charge in [0.15, 0.2) is 10.8 Å². The summed E-state index contributed by atoms with van der Waals surface area (Å²) in [5.41, 5.74) is 1.49. The zero-order valence-corrected chi connectivity index (χ0v) is 17.3. The second-order valence-electron chi connectivity index (χ2n) is 6.49. The Labute approximate surface area is 175 Å². The maximum atomic E-state index is 13.0. The molecule has 4 rings (SSSR count). The number of rotatable bonds is 4. The van der Waals surface area contributed by atoms with Gasteiger partial charge < -0.3 is 14.2 Å². The van der Waals surface area contributed by atoms with Gasteiger partial charge in [-0.15, -0.1) is 0 Å². The number of hydrogen-bond acceptors (Lipinski definition) is 7.